The van der Waals surface area contributed by atoms with Gasteiger partial charge in [0.2, 0.25) is 0 Å². The normalized spacial score (nSPS) is 11.1. The Kier molecular flexibility index (Phi) is 6.45. The zero-order chi connectivity index (χ0) is 23.3. The highest BCUT2D eigenvalue weighted by atomic mass is 35.5. The molecule has 2 heterocycles. The third kappa shape index (κ3) is 4.75. The number of carbonyl (C=O) groups excluding carboxylic acids is 1. The Labute approximate surface area is 203 Å². The standard InChI is InChI=1S/C28H23ClN4O/c29-23-11-5-4-10-22(23)28-27(20-8-2-1-3-9-20)31-24-14-13-21(18-25(24)32-28)26(34)12-6-7-16-33-17-15-30-19-33/h1-5,8-11,13-15,17-19H,6-7,12,16H2. The van der Waals surface area contributed by atoms with Crippen molar-refractivity contribution in [2.45, 2.75) is 25.8 Å². The number of imidazole rings is 1. The van der Waals surface area contributed by atoms with Gasteiger partial charge in [-0.3, -0.25) is 4.79 Å². The first-order valence-electron chi connectivity index (χ1n) is 11.3. The predicted octanol–water partition coefficient (Wildman–Crippen LogP) is 6.87. The van der Waals surface area contributed by atoms with Crippen molar-refractivity contribution < 1.29 is 4.79 Å². The molecule has 0 amide bonds. The molecular formula is C28H23ClN4O. The Morgan fingerprint density at radius 1 is 0.853 bits per heavy atom. The molecule has 0 atom stereocenters. The third-order valence-corrected chi connectivity index (χ3v) is 6.12. The van der Waals surface area contributed by atoms with E-state index in [0.717, 1.165) is 41.7 Å². The summed E-state index contributed by atoms with van der Waals surface area (Å²) in [6.07, 6.45) is 7.73. The van der Waals surface area contributed by atoms with Crippen LogP contribution in [0.4, 0.5) is 0 Å². The molecule has 0 saturated heterocycles. The molecule has 0 N–H and O–H groups in total. The van der Waals surface area contributed by atoms with Crippen molar-refractivity contribution in [3.8, 4) is 22.5 Å². The zero-order valence-electron chi connectivity index (χ0n) is 18.6. The highest BCUT2D eigenvalue weighted by Crippen LogP contribution is 2.34. The van der Waals surface area contributed by atoms with Crippen LogP contribution >= 0.6 is 11.6 Å². The van der Waals surface area contributed by atoms with Crippen LogP contribution < -0.4 is 0 Å². The maximum absolute atomic E-state index is 12.9. The molecular weight excluding hydrogens is 444 g/mol. The van der Waals surface area contributed by atoms with Gasteiger partial charge in [0.15, 0.2) is 5.78 Å². The van der Waals surface area contributed by atoms with Gasteiger partial charge in [-0.25, -0.2) is 15.0 Å². The molecule has 6 heteroatoms. The summed E-state index contributed by atoms with van der Waals surface area (Å²) in [4.78, 5) is 26.8. The number of halogens is 1. The number of hydrogen-bond donors (Lipinski definition) is 0. The van der Waals surface area contributed by atoms with Crippen molar-refractivity contribution in [3.05, 3.63) is 102 Å². The Morgan fingerprint density at radius 2 is 1.65 bits per heavy atom. The molecule has 0 aliphatic heterocycles. The van der Waals surface area contributed by atoms with Crippen LogP contribution in [0.5, 0.6) is 0 Å². The molecule has 168 valence electrons. The van der Waals surface area contributed by atoms with Crippen molar-refractivity contribution in [1.29, 1.82) is 0 Å². The van der Waals surface area contributed by atoms with E-state index in [-0.39, 0.29) is 5.78 Å². The summed E-state index contributed by atoms with van der Waals surface area (Å²) in [5.74, 6) is 0.112. The van der Waals surface area contributed by atoms with Gasteiger partial charge in [0.05, 0.1) is 33.8 Å². The van der Waals surface area contributed by atoms with Gasteiger partial charge in [-0.15, -0.1) is 0 Å². The number of benzene rings is 3. The Morgan fingerprint density at radius 3 is 2.44 bits per heavy atom. The van der Waals surface area contributed by atoms with Gasteiger partial charge in [-0.2, -0.15) is 0 Å². The first kappa shape index (κ1) is 22.0. The Hall–Kier alpha value is -3.83. The van der Waals surface area contributed by atoms with Crippen molar-refractivity contribution in [3.63, 3.8) is 0 Å². The summed E-state index contributed by atoms with van der Waals surface area (Å²) in [6.45, 7) is 0.861. The number of Topliss-reactive ketones (excluding diaryl/α,β-unsaturated/α-hetero) is 1. The number of hydrogen-bond acceptors (Lipinski definition) is 4. The topological polar surface area (TPSA) is 60.7 Å². The van der Waals surface area contributed by atoms with Crippen LogP contribution in [0.2, 0.25) is 5.02 Å². The molecule has 5 aromatic rings. The molecule has 2 aromatic heterocycles. The molecule has 0 bridgehead atoms. The number of ketones is 1. The molecule has 3 aromatic carbocycles. The second-order valence-corrected chi connectivity index (χ2v) is 8.56. The highest BCUT2D eigenvalue weighted by Gasteiger charge is 2.16. The van der Waals surface area contributed by atoms with Crippen LogP contribution in [0.15, 0.2) is 91.5 Å². The number of carbonyl (C=O) groups is 1. The first-order chi connectivity index (χ1) is 16.7. The summed E-state index contributed by atoms with van der Waals surface area (Å²) in [6, 6.07) is 23.1. The van der Waals surface area contributed by atoms with E-state index in [0.29, 0.717) is 28.2 Å². The molecule has 5 nitrogen and oxygen atoms in total. The minimum Gasteiger partial charge on any atom is -0.337 e. The lowest BCUT2D eigenvalue weighted by Gasteiger charge is -2.12. The van der Waals surface area contributed by atoms with Gasteiger partial charge in [0.1, 0.15) is 0 Å². The van der Waals surface area contributed by atoms with Gasteiger partial charge >= 0.3 is 0 Å². The van der Waals surface area contributed by atoms with Gasteiger partial charge in [0, 0.05) is 42.0 Å². The zero-order valence-corrected chi connectivity index (χ0v) is 19.3. The molecule has 34 heavy (non-hydrogen) atoms. The summed E-state index contributed by atoms with van der Waals surface area (Å²) >= 11 is 6.53. The average molecular weight is 467 g/mol. The van der Waals surface area contributed by atoms with E-state index in [1.807, 2.05) is 83.6 Å². The van der Waals surface area contributed by atoms with E-state index in [1.165, 1.54) is 0 Å². The molecule has 0 aliphatic rings. The molecule has 0 radical (unpaired) electrons. The lowest BCUT2D eigenvalue weighted by molar-refractivity contribution is 0.0979. The molecule has 0 fully saturated rings. The van der Waals surface area contributed by atoms with E-state index >= 15 is 0 Å². The quantitative estimate of drug-likeness (QED) is 0.185. The van der Waals surface area contributed by atoms with E-state index in [9.17, 15) is 4.79 Å². The van der Waals surface area contributed by atoms with Crippen molar-refractivity contribution in [2.24, 2.45) is 0 Å². The number of unbranched alkanes of at least 4 members (excludes halogenated alkanes) is 1. The molecule has 0 spiro atoms. The SMILES string of the molecule is O=C(CCCCn1ccnc1)c1ccc2nc(-c3ccccc3)c(-c3ccccc3Cl)nc2c1. The van der Waals surface area contributed by atoms with E-state index in [4.69, 9.17) is 21.6 Å². The summed E-state index contributed by atoms with van der Waals surface area (Å²) in [7, 11) is 0. The maximum atomic E-state index is 12.9. The Balaban J connectivity index is 1.46. The second kappa shape index (κ2) is 9.98. The van der Waals surface area contributed by atoms with E-state index in [1.54, 1.807) is 12.5 Å². The monoisotopic (exact) mass is 466 g/mol. The number of nitrogens with zero attached hydrogens (tertiary/aromatic N) is 4. The summed E-state index contributed by atoms with van der Waals surface area (Å²) < 4.78 is 2.02. The first-order valence-corrected chi connectivity index (χ1v) is 11.7. The predicted molar refractivity (Wildman–Crippen MR) is 136 cm³/mol. The lowest BCUT2D eigenvalue weighted by atomic mass is 10.0. The second-order valence-electron chi connectivity index (χ2n) is 8.15. The summed E-state index contributed by atoms with van der Waals surface area (Å²) in [5, 5.41) is 0.610. The van der Waals surface area contributed by atoms with E-state index in [2.05, 4.69) is 4.98 Å². The fraction of sp³-hybridized carbons (Fsp3) is 0.143. The smallest absolute Gasteiger partial charge is 0.162 e. The van der Waals surface area contributed by atoms with Crippen molar-refractivity contribution >= 4 is 28.4 Å². The largest absolute Gasteiger partial charge is 0.337 e. The van der Waals surface area contributed by atoms with Crippen LogP contribution in [-0.4, -0.2) is 25.3 Å². The van der Waals surface area contributed by atoms with E-state index < -0.39 is 0 Å². The molecule has 0 saturated carbocycles. The van der Waals surface area contributed by atoms with Gasteiger partial charge in [-0.05, 0) is 37.1 Å². The highest BCUT2D eigenvalue weighted by molar-refractivity contribution is 6.33. The molecule has 5 rings (SSSR count). The molecule has 0 aliphatic carbocycles. The van der Waals surface area contributed by atoms with Crippen LogP contribution in [0.3, 0.4) is 0 Å². The fourth-order valence-electron chi connectivity index (χ4n) is 4.01. The third-order valence-electron chi connectivity index (χ3n) is 5.79. The fourth-order valence-corrected chi connectivity index (χ4v) is 4.23. The lowest BCUT2D eigenvalue weighted by Crippen LogP contribution is -2.02. The minimum absolute atomic E-state index is 0.112. The molecule has 0 unspecified atom stereocenters. The average Bonchev–Trinajstić information content (AvgIpc) is 3.40. The van der Waals surface area contributed by atoms with Crippen LogP contribution in [0, 0.1) is 0 Å². The Bertz CT molecular complexity index is 1430. The van der Waals surface area contributed by atoms with Gasteiger partial charge in [-0.1, -0.05) is 60.1 Å². The van der Waals surface area contributed by atoms with Gasteiger partial charge in [0.25, 0.3) is 0 Å². The number of aromatic nitrogens is 4. The minimum atomic E-state index is 0.112. The van der Waals surface area contributed by atoms with Crippen LogP contribution in [0.1, 0.15) is 29.6 Å². The van der Waals surface area contributed by atoms with Gasteiger partial charge < -0.3 is 4.57 Å². The number of fused-ring (bicyclic) bond motifs is 1. The number of rotatable bonds is 8. The van der Waals surface area contributed by atoms with Crippen molar-refractivity contribution in [2.75, 3.05) is 0 Å². The van der Waals surface area contributed by atoms with Crippen molar-refractivity contribution in [1.82, 2.24) is 19.5 Å². The van der Waals surface area contributed by atoms with Crippen LogP contribution in [-0.2, 0) is 6.54 Å². The number of aryl methyl sites for hydroxylation is 1. The summed E-state index contributed by atoms with van der Waals surface area (Å²) in [5.41, 5.74) is 5.32. The van der Waals surface area contributed by atoms with Crippen LogP contribution in [0.25, 0.3) is 33.5 Å². The maximum Gasteiger partial charge on any atom is 0.162 e.